The molecular formula is C19H34N4O. The van der Waals surface area contributed by atoms with Crippen molar-refractivity contribution in [3.05, 3.63) is 29.8 Å². The second-order valence-electron chi connectivity index (χ2n) is 5.76. The molecule has 0 amide bonds. The first-order chi connectivity index (χ1) is 11.7. The lowest BCUT2D eigenvalue weighted by molar-refractivity contribution is 0.297. The predicted molar refractivity (Wildman–Crippen MR) is 103 cm³/mol. The van der Waals surface area contributed by atoms with Crippen LogP contribution >= 0.6 is 0 Å². The van der Waals surface area contributed by atoms with Crippen LogP contribution in [0.5, 0.6) is 5.75 Å². The molecule has 0 bridgehead atoms. The van der Waals surface area contributed by atoms with Crippen LogP contribution in [0.2, 0.25) is 0 Å². The smallest absolute Gasteiger partial charge is 0.190 e. The fraction of sp³-hybridized carbons (Fsp3) is 0.632. The minimum atomic E-state index is 0.867. The van der Waals surface area contributed by atoms with Crippen LogP contribution < -0.4 is 15.4 Å². The van der Waals surface area contributed by atoms with Crippen LogP contribution in [-0.4, -0.2) is 57.7 Å². The van der Waals surface area contributed by atoms with Crippen molar-refractivity contribution in [1.29, 1.82) is 0 Å². The van der Waals surface area contributed by atoms with Gasteiger partial charge < -0.3 is 20.3 Å². The molecule has 0 radical (unpaired) electrons. The van der Waals surface area contributed by atoms with Crippen molar-refractivity contribution < 1.29 is 4.74 Å². The number of hydrogen-bond acceptors (Lipinski definition) is 3. The number of hydrogen-bond donors (Lipinski definition) is 2. The molecule has 1 rings (SSSR count). The first-order valence-electron chi connectivity index (χ1n) is 9.03. The van der Waals surface area contributed by atoms with Crippen LogP contribution in [0.25, 0.3) is 0 Å². The van der Waals surface area contributed by atoms with Gasteiger partial charge in [-0.3, -0.25) is 4.99 Å². The Balaban J connectivity index is 2.16. The van der Waals surface area contributed by atoms with Crippen LogP contribution in [0.3, 0.4) is 0 Å². The zero-order valence-corrected chi connectivity index (χ0v) is 15.8. The Morgan fingerprint density at radius 3 is 2.29 bits per heavy atom. The molecule has 24 heavy (non-hydrogen) atoms. The molecule has 136 valence electrons. The van der Waals surface area contributed by atoms with Crippen molar-refractivity contribution >= 4 is 5.96 Å². The van der Waals surface area contributed by atoms with Gasteiger partial charge in [-0.05, 0) is 56.6 Å². The molecule has 5 heteroatoms. The van der Waals surface area contributed by atoms with Gasteiger partial charge in [-0.15, -0.1) is 0 Å². The Morgan fingerprint density at radius 2 is 1.71 bits per heavy atom. The van der Waals surface area contributed by atoms with Crippen molar-refractivity contribution in [1.82, 2.24) is 15.5 Å². The van der Waals surface area contributed by atoms with Gasteiger partial charge in [0.1, 0.15) is 5.75 Å². The third-order valence-corrected chi connectivity index (χ3v) is 4.18. The fourth-order valence-electron chi connectivity index (χ4n) is 2.55. The van der Waals surface area contributed by atoms with Crippen LogP contribution in [0.1, 0.15) is 32.3 Å². The van der Waals surface area contributed by atoms with Gasteiger partial charge in [-0.2, -0.15) is 0 Å². The van der Waals surface area contributed by atoms with Gasteiger partial charge in [0.15, 0.2) is 5.96 Å². The van der Waals surface area contributed by atoms with E-state index in [1.165, 1.54) is 18.5 Å². The summed E-state index contributed by atoms with van der Waals surface area (Å²) in [7, 11) is 3.51. The standard InChI is InChI=1S/C19H34N4O/c1-5-23(6-2)16-8-7-14-21-19(20-3)22-15-13-17-9-11-18(24-4)12-10-17/h9-12H,5-8,13-16H2,1-4H3,(H2,20,21,22). The average Bonchev–Trinajstić information content (AvgIpc) is 2.63. The first-order valence-corrected chi connectivity index (χ1v) is 9.03. The Labute approximate surface area is 147 Å². The molecule has 5 nitrogen and oxygen atoms in total. The van der Waals surface area contributed by atoms with Gasteiger partial charge in [0.2, 0.25) is 0 Å². The van der Waals surface area contributed by atoms with Gasteiger partial charge in [-0.1, -0.05) is 26.0 Å². The van der Waals surface area contributed by atoms with Gasteiger partial charge in [0.25, 0.3) is 0 Å². The summed E-state index contributed by atoms with van der Waals surface area (Å²) in [5.74, 6) is 1.78. The van der Waals surface area contributed by atoms with E-state index in [1.54, 1.807) is 7.11 Å². The molecule has 0 aliphatic heterocycles. The molecule has 0 fully saturated rings. The number of guanidine groups is 1. The molecule has 0 unspecified atom stereocenters. The lowest BCUT2D eigenvalue weighted by Crippen LogP contribution is -2.38. The zero-order chi connectivity index (χ0) is 17.6. The predicted octanol–water partition coefficient (Wildman–Crippen LogP) is 2.52. The highest BCUT2D eigenvalue weighted by Crippen LogP contribution is 2.11. The number of nitrogens with one attached hydrogen (secondary N) is 2. The minimum Gasteiger partial charge on any atom is -0.497 e. The summed E-state index contributed by atoms with van der Waals surface area (Å²) in [6.45, 7) is 9.72. The first kappa shape index (κ1) is 20.3. The SMILES string of the molecule is CCN(CC)CCCCNC(=NC)NCCc1ccc(OC)cc1. The van der Waals surface area contributed by atoms with E-state index in [0.29, 0.717) is 0 Å². The lowest BCUT2D eigenvalue weighted by Gasteiger charge is -2.18. The number of unbranched alkanes of at least 4 members (excludes halogenated alkanes) is 1. The van der Waals surface area contributed by atoms with Gasteiger partial charge >= 0.3 is 0 Å². The maximum absolute atomic E-state index is 5.17. The molecule has 0 aromatic heterocycles. The van der Waals surface area contributed by atoms with Crippen LogP contribution in [-0.2, 0) is 6.42 Å². The van der Waals surface area contributed by atoms with E-state index < -0.39 is 0 Å². The van der Waals surface area contributed by atoms with E-state index in [2.05, 4.69) is 46.5 Å². The largest absolute Gasteiger partial charge is 0.497 e. The van der Waals surface area contributed by atoms with E-state index in [0.717, 1.165) is 50.7 Å². The quantitative estimate of drug-likeness (QED) is 0.371. The summed E-state index contributed by atoms with van der Waals surface area (Å²) in [4.78, 5) is 6.74. The van der Waals surface area contributed by atoms with E-state index in [-0.39, 0.29) is 0 Å². The second-order valence-corrected chi connectivity index (χ2v) is 5.76. The zero-order valence-electron chi connectivity index (χ0n) is 15.8. The van der Waals surface area contributed by atoms with E-state index in [4.69, 9.17) is 4.74 Å². The molecule has 0 aliphatic rings. The lowest BCUT2D eigenvalue weighted by atomic mass is 10.1. The average molecular weight is 335 g/mol. The van der Waals surface area contributed by atoms with E-state index in [1.807, 2.05) is 19.2 Å². The Kier molecular flexibility index (Phi) is 10.7. The summed E-state index contributed by atoms with van der Waals surface area (Å²) in [6, 6.07) is 8.20. The van der Waals surface area contributed by atoms with Crippen LogP contribution in [0.4, 0.5) is 0 Å². The molecule has 0 atom stereocenters. The number of nitrogens with zero attached hydrogens (tertiary/aromatic N) is 2. The maximum Gasteiger partial charge on any atom is 0.190 e. The summed E-state index contributed by atoms with van der Waals surface area (Å²) in [5.41, 5.74) is 1.29. The van der Waals surface area contributed by atoms with Crippen molar-refractivity contribution in [2.75, 3.05) is 46.9 Å². The van der Waals surface area contributed by atoms with Crippen LogP contribution in [0.15, 0.2) is 29.3 Å². The van der Waals surface area contributed by atoms with Gasteiger partial charge in [-0.25, -0.2) is 0 Å². The van der Waals surface area contributed by atoms with Crippen molar-refractivity contribution in [2.45, 2.75) is 33.1 Å². The third kappa shape index (κ3) is 8.20. The van der Waals surface area contributed by atoms with Crippen molar-refractivity contribution in [2.24, 2.45) is 4.99 Å². The second kappa shape index (κ2) is 12.6. The molecule has 0 spiro atoms. The monoisotopic (exact) mass is 334 g/mol. The molecule has 0 aliphatic carbocycles. The number of benzene rings is 1. The Morgan fingerprint density at radius 1 is 1.04 bits per heavy atom. The summed E-state index contributed by atoms with van der Waals surface area (Å²) in [6.07, 6.45) is 3.35. The van der Waals surface area contributed by atoms with E-state index >= 15 is 0 Å². The number of ether oxygens (including phenoxy) is 1. The van der Waals surface area contributed by atoms with Crippen molar-refractivity contribution in [3.8, 4) is 5.75 Å². The Bertz CT molecular complexity index is 455. The van der Waals surface area contributed by atoms with Gasteiger partial charge in [0, 0.05) is 20.1 Å². The molecular weight excluding hydrogens is 300 g/mol. The Hall–Kier alpha value is -1.75. The fourth-order valence-corrected chi connectivity index (χ4v) is 2.55. The number of methoxy groups -OCH3 is 1. The van der Waals surface area contributed by atoms with Crippen LogP contribution in [0, 0.1) is 0 Å². The molecule has 1 aromatic carbocycles. The summed E-state index contributed by atoms with van der Waals surface area (Å²) >= 11 is 0. The molecule has 2 N–H and O–H groups in total. The topological polar surface area (TPSA) is 48.9 Å². The maximum atomic E-state index is 5.17. The molecule has 1 aromatic rings. The number of rotatable bonds is 11. The minimum absolute atomic E-state index is 0.867. The van der Waals surface area contributed by atoms with E-state index in [9.17, 15) is 0 Å². The van der Waals surface area contributed by atoms with Gasteiger partial charge in [0.05, 0.1) is 7.11 Å². The normalized spacial score (nSPS) is 11.6. The third-order valence-electron chi connectivity index (χ3n) is 4.18. The van der Waals surface area contributed by atoms with Crippen molar-refractivity contribution in [3.63, 3.8) is 0 Å². The molecule has 0 saturated heterocycles. The highest BCUT2D eigenvalue weighted by Gasteiger charge is 2.00. The summed E-state index contributed by atoms with van der Waals surface area (Å²) in [5, 5.41) is 6.75. The number of aliphatic imine (C=N–C) groups is 1. The highest BCUT2D eigenvalue weighted by molar-refractivity contribution is 5.79. The molecule has 0 saturated carbocycles. The molecule has 0 heterocycles. The summed E-state index contributed by atoms with van der Waals surface area (Å²) < 4.78 is 5.17. The highest BCUT2D eigenvalue weighted by atomic mass is 16.5.